The van der Waals surface area contributed by atoms with Crippen molar-refractivity contribution in [3.05, 3.63) is 59.4 Å². The zero-order valence-corrected chi connectivity index (χ0v) is 10.1. The molecule has 0 radical (unpaired) electrons. The summed E-state index contributed by atoms with van der Waals surface area (Å²) in [6.45, 7) is 1.58. The Labute approximate surface area is 111 Å². The largest absolute Gasteiger partial charge is 0.444 e. The fourth-order valence-corrected chi connectivity index (χ4v) is 2.05. The summed E-state index contributed by atoms with van der Waals surface area (Å²) >= 11 is 0. The normalized spacial score (nSPS) is 20.8. The van der Waals surface area contributed by atoms with Crippen LogP contribution in [0.3, 0.4) is 0 Å². The minimum Gasteiger partial charge on any atom is -0.444 e. The number of benzene rings is 2. The van der Waals surface area contributed by atoms with Gasteiger partial charge in [0.1, 0.15) is 5.82 Å². The van der Waals surface area contributed by atoms with Gasteiger partial charge in [-0.15, -0.1) is 0 Å². The molecule has 0 bridgehead atoms. The van der Waals surface area contributed by atoms with Crippen LogP contribution in [0, 0.1) is 17.1 Å². The van der Waals surface area contributed by atoms with Gasteiger partial charge < -0.3 is 9.47 Å². The molecule has 3 rings (SSSR count). The van der Waals surface area contributed by atoms with Crippen molar-refractivity contribution in [1.82, 2.24) is 0 Å². The number of halogens is 1. The first-order chi connectivity index (χ1) is 9.53. The van der Waals surface area contributed by atoms with Crippen LogP contribution >= 0.6 is 0 Å². The Morgan fingerprint density at radius 2 is 2.05 bits per heavy atom. The molecular weight excluding hydrogens is 245 g/mol. The highest BCUT2D eigenvalue weighted by Gasteiger charge is 2.40. The lowest BCUT2D eigenvalue weighted by Crippen LogP contribution is -2.32. The molecule has 0 aromatic heterocycles. The van der Waals surface area contributed by atoms with Crippen molar-refractivity contribution in [3.63, 3.8) is 0 Å². The highest BCUT2D eigenvalue weighted by molar-refractivity contribution is 5.45. The van der Waals surface area contributed by atoms with E-state index < -0.39 is 11.6 Å². The zero-order valence-electron chi connectivity index (χ0n) is 11.1. The maximum absolute atomic E-state index is 14.1. The Hall–Kier alpha value is -2.54. The third-order valence-electron chi connectivity index (χ3n) is 2.97. The van der Waals surface area contributed by atoms with E-state index in [-0.39, 0.29) is 17.2 Å². The topological polar surface area (TPSA) is 42.2 Å². The van der Waals surface area contributed by atoms with Gasteiger partial charge in [0.15, 0.2) is 11.5 Å². The predicted molar refractivity (Wildman–Crippen MR) is 66.2 cm³/mol. The van der Waals surface area contributed by atoms with Crippen LogP contribution in [0.5, 0.6) is 11.5 Å². The minimum atomic E-state index is -1.34. The van der Waals surface area contributed by atoms with Crippen LogP contribution in [0.4, 0.5) is 4.39 Å². The molecule has 0 aliphatic carbocycles. The van der Waals surface area contributed by atoms with E-state index in [4.69, 9.17) is 16.1 Å². The molecule has 0 amide bonds. The molecule has 0 saturated carbocycles. The molecule has 0 saturated heterocycles. The van der Waals surface area contributed by atoms with Crippen molar-refractivity contribution >= 4 is 0 Å². The Kier molecular flexibility index (Phi) is 2.18. The number of nitrogens with zero attached hydrogens (tertiary/aromatic N) is 1. The van der Waals surface area contributed by atoms with E-state index in [9.17, 15) is 4.39 Å². The maximum atomic E-state index is 14.1. The molecule has 0 spiro atoms. The summed E-state index contributed by atoms with van der Waals surface area (Å²) < 4.78 is 33.1. The van der Waals surface area contributed by atoms with Gasteiger partial charge in [0, 0.05) is 6.92 Å². The van der Waals surface area contributed by atoms with E-state index in [1.807, 2.05) is 6.07 Å². The molecule has 0 N–H and O–H groups in total. The molecule has 1 unspecified atom stereocenters. The van der Waals surface area contributed by atoms with E-state index in [0.29, 0.717) is 11.5 Å². The fourth-order valence-electron chi connectivity index (χ4n) is 2.05. The molecule has 1 heterocycles. The number of para-hydroxylation sites is 2. The average molecular weight is 256 g/mol. The van der Waals surface area contributed by atoms with E-state index in [0.717, 1.165) is 6.07 Å². The molecule has 1 atom stereocenters. The van der Waals surface area contributed by atoms with Gasteiger partial charge in [0.05, 0.1) is 18.6 Å². The maximum Gasteiger partial charge on any atom is 0.278 e. The van der Waals surface area contributed by atoms with Crippen molar-refractivity contribution < 1.29 is 15.2 Å². The van der Waals surface area contributed by atoms with Crippen LogP contribution in [0.25, 0.3) is 0 Å². The summed E-state index contributed by atoms with van der Waals surface area (Å²) in [7, 11) is 0. The number of fused-ring (bicyclic) bond motifs is 1. The standard InChI is InChI=1S/C15H10FNO2/c1-15(11-7-6-10(9-17)8-12(11)16)18-13-4-2-3-5-14(13)19-15/h2-8H,1H3/i4D. The summed E-state index contributed by atoms with van der Waals surface area (Å²) in [6.07, 6.45) is 0. The van der Waals surface area contributed by atoms with Gasteiger partial charge in [0.2, 0.25) is 0 Å². The lowest BCUT2D eigenvalue weighted by Gasteiger charge is -2.23. The molecule has 4 heteroatoms. The van der Waals surface area contributed by atoms with Crippen molar-refractivity contribution in [1.29, 1.82) is 5.26 Å². The molecule has 0 fully saturated rings. The molecule has 19 heavy (non-hydrogen) atoms. The number of hydrogen-bond acceptors (Lipinski definition) is 3. The smallest absolute Gasteiger partial charge is 0.278 e. The van der Waals surface area contributed by atoms with Gasteiger partial charge >= 0.3 is 0 Å². The molecule has 94 valence electrons. The second-order valence-corrected chi connectivity index (χ2v) is 4.32. The highest BCUT2D eigenvalue weighted by atomic mass is 19.1. The number of hydrogen-bond donors (Lipinski definition) is 0. The van der Waals surface area contributed by atoms with Crippen LogP contribution < -0.4 is 9.47 Å². The summed E-state index contributed by atoms with van der Waals surface area (Å²) in [4.78, 5) is 0. The number of nitriles is 1. The first kappa shape index (κ1) is 10.4. The van der Waals surface area contributed by atoms with Gasteiger partial charge in [-0.1, -0.05) is 12.1 Å². The summed E-state index contributed by atoms with van der Waals surface area (Å²) in [5, 5.41) is 8.76. The van der Waals surface area contributed by atoms with E-state index in [2.05, 4.69) is 0 Å². The summed E-state index contributed by atoms with van der Waals surface area (Å²) in [6, 6.07) is 11.1. The SMILES string of the molecule is [2H]c1cccc2c1OC(C)(c1ccc(C#N)cc1F)O2. The third kappa shape index (κ3) is 1.80. The van der Waals surface area contributed by atoms with Gasteiger partial charge in [-0.3, -0.25) is 0 Å². The fraction of sp³-hybridized carbons (Fsp3) is 0.133. The molecular formula is C15H10FNO2. The third-order valence-corrected chi connectivity index (χ3v) is 2.97. The van der Waals surface area contributed by atoms with Crippen LogP contribution in [-0.4, -0.2) is 0 Å². The molecule has 3 nitrogen and oxygen atoms in total. The van der Waals surface area contributed by atoms with Crippen molar-refractivity contribution in [2.45, 2.75) is 12.7 Å². The second-order valence-electron chi connectivity index (χ2n) is 4.32. The lowest BCUT2D eigenvalue weighted by atomic mass is 10.0. The monoisotopic (exact) mass is 256 g/mol. The minimum absolute atomic E-state index is 0.181. The first-order valence-electron chi connectivity index (χ1n) is 6.21. The predicted octanol–water partition coefficient (Wildman–Crippen LogP) is 3.34. The second kappa shape index (κ2) is 3.99. The molecule has 2 aromatic rings. The lowest BCUT2D eigenvalue weighted by molar-refractivity contribution is -0.0707. The highest BCUT2D eigenvalue weighted by Crippen LogP contribution is 2.44. The van der Waals surface area contributed by atoms with Crippen LogP contribution in [0.1, 0.15) is 19.4 Å². The van der Waals surface area contributed by atoms with Gasteiger partial charge in [-0.05, 0) is 30.3 Å². The van der Waals surface area contributed by atoms with Gasteiger partial charge in [0.25, 0.3) is 5.79 Å². The molecule has 1 aliphatic heterocycles. The van der Waals surface area contributed by atoms with E-state index in [1.165, 1.54) is 12.1 Å². The van der Waals surface area contributed by atoms with E-state index in [1.54, 1.807) is 25.1 Å². The van der Waals surface area contributed by atoms with Crippen molar-refractivity contribution in [2.75, 3.05) is 0 Å². The number of rotatable bonds is 1. The molecule has 1 aliphatic rings. The van der Waals surface area contributed by atoms with Gasteiger partial charge in [-0.25, -0.2) is 4.39 Å². The van der Waals surface area contributed by atoms with Crippen LogP contribution in [0.2, 0.25) is 0 Å². The summed E-state index contributed by atoms with van der Waals surface area (Å²) in [5.41, 5.74) is 0.415. The summed E-state index contributed by atoms with van der Waals surface area (Å²) in [5.74, 6) is -1.22. The quantitative estimate of drug-likeness (QED) is 0.785. The van der Waals surface area contributed by atoms with Gasteiger partial charge in [-0.2, -0.15) is 5.26 Å². The van der Waals surface area contributed by atoms with E-state index >= 15 is 0 Å². The Balaban J connectivity index is 2.05. The van der Waals surface area contributed by atoms with Crippen molar-refractivity contribution in [3.8, 4) is 17.6 Å². The van der Waals surface area contributed by atoms with Crippen LogP contribution in [-0.2, 0) is 5.79 Å². The average Bonchev–Trinajstić information content (AvgIpc) is 2.77. The zero-order chi connectivity index (χ0) is 14.3. The molecule has 2 aromatic carbocycles. The number of ether oxygens (including phenoxy) is 2. The van der Waals surface area contributed by atoms with Crippen LogP contribution in [0.15, 0.2) is 42.4 Å². The Bertz CT molecular complexity index is 741. The first-order valence-corrected chi connectivity index (χ1v) is 5.71. The Morgan fingerprint density at radius 1 is 1.26 bits per heavy atom. The van der Waals surface area contributed by atoms with Crippen molar-refractivity contribution in [2.24, 2.45) is 0 Å². The Morgan fingerprint density at radius 3 is 2.74 bits per heavy atom.